The molecule has 0 saturated carbocycles. The molecule has 4 rings (SSSR count). The van der Waals surface area contributed by atoms with Crippen LogP contribution in [0.15, 0.2) is 104 Å². The minimum Gasteiger partial charge on any atom is -0.496 e. The van der Waals surface area contributed by atoms with Crippen molar-refractivity contribution in [2.24, 2.45) is 0 Å². The first-order chi connectivity index (χ1) is 18.2. The van der Waals surface area contributed by atoms with Gasteiger partial charge in [-0.1, -0.05) is 118 Å². The standard InChI is InChI=1S/C34H37NO2/c1-4-14-28-17-11-13-20-31(28)34(36-24-23-35(5-2)6-3)25-32-30-19-12-10-18-29(30)21-22-33(32)37-26-27-15-8-7-9-16-27/h4,7-22H,1,5-6,23-26H2,2-3H3/b28-14-,34-31-. The lowest BCUT2D eigenvalue weighted by atomic mass is 9.99. The Morgan fingerprint density at radius 2 is 1.57 bits per heavy atom. The molecular formula is C34H37NO2. The van der Waals surface area contributed by atoms with Crippen LogP contribution in [0.2, 0.25) is 0 Å². The van der Waals surface area contributed by atoms with Crippen molar-refractivity contribution in [2.45, 2.75) is 26.9 Å². The maximum Gasteiger partial charge on any atom is 0.124 e. The second kappa shape index (κ2) is 13.5. The number of rotatable bonds is 12. The SMILES string of the molecule is C=C/C=c1/cccc/c1=C(\Cc1c(OCc2ccccc2)ccc2ccccc12)OCCN(CC)CC. The minimum atomic E-state index is 0.519. The van der Waals surface area contributed by atoms with E-state index in [1.165, 1.54) is 10.8 Å². The quantitative estimate of drug-likeness (QED) is 0.239. The summed E-state index contributed by atoms with van der Waals surface area (Å²) in [7, 11) is 0. The third kappa shape index (κ3) is 6.90. The van der Waals surface area contributed by atoms with Gasteiger partial charge in [0.1, 0.15) is 24.7 Å². The highest BCUT2D eigenvalue weighted by Crippen LogP contribution is 2.31. The van der Waals surface area contributed by atoms with E-state index in [1.807, 2.05) is 30.4 Å². The number of fused-ring (bicyclic) bond motifs is 1. The summed E-state index contributed by atoms with van der Waals surface area (Å²) in [6.07, 6.45) is 4.50. The van der Waals surface area contributed by atoms with Gasteiger partial charge in [-0.25, -0.2) is 0 Å². The molecule has 0 aliphatic carbocycles. The number of likely N-dealkylation sites (N-methyl/N-ethyl adjacent to an activating group) is 1. The van der Waals surface area contributed by atoms with Crippen molar-refractivity contribution < 1.29 is 9.47 Å². The van der Waals surface area contributed by atoms with E-state index in [0.29, 0.717) is 19.6 Å². The molecule has 0 bridgehead atoms. The Morgan fingerprint density at radius 3 is 2.35 bits per heavy atom. The van der Waals surface area contributed by atoms with Crippen molar-refractivity contribution in [2.75, 3.05) is 26.2 Å². The zero-order valence-electron chi connectivity index (χ0n) is 22.0. The summed E-state index contributed by atoms with van der Waals surface area (Å²) in [5.41, 5.74) is 2.28. The molecule has 0 N–H and O–H groups in total. The molecule has 0 radical (unpaired) electrons. The van der Waals surface area contributed by atoms with E-state index in [2.05, 4.69) is 98.1 Å². The van der Waals surface area contributed by atoms with Crippen LogP contribution in [0.5, 0.6) is 5.75 Å². The van der Waals surface area contributed by atoms with Crippen molar-refractivity contribution in [3.8, 4) is 5.75 Å². The van der Waals surface area contributed by atoms with E-state index in [9.17, 15) is 0 Å². The van der Waals surface area contributed by atoms with E-state index >= 15 is 0 Å². The lowest BCUT2D eigenvalue weighted by Crippen LogP contribution is -2.30. The fraction of sp³-hybridized carbons (Fsp3) is 0.235. The maximum absolute atomic E-state index is 6.59. The van der Waals surface area contributed by atoms with Gasteiger partial charge in [0.15, 0.2) is 0 Å². The van der Waals surface area contributed by atoms with Crippen LogP contribution < -0.4 is 15.2 Å². The average molecular weight is 492 g/mol. The van der Waals surface area contributed by atoms with Crippen LogP contribution >= 0.6 is 0 Å². The highest BCUT2D eigenvalue weighted by atomic mass is 16.5. The molecule has 0 aliphatic rings. The molecule has 0 aromatic heterocycles. The third-order valence-electron chi connectivity index (χ3n) is 6.71. The molecular weight excluding hydrogens is 454 g/mol. The van der Waals surface area contributed by atoms with Gasteiger partial charge in [0.2, 0.25) is 0 Å². The zero-order chi connectivity index (χ0) is 25.9. The Kier molecular flexibility index (Phi) is 9.56. The molecule has 0 spiro atoms. The van der Waals surface area contributed by atoms with Gasteiger partial charge in [0.05, 0.1) is 0 Å². The number of allylic oxidation sites excluding steroid dienone is 1. The molecule has 0 saturated heterocycles. The molecule has 37 heavy (non-hydrogen) atoms. The van der Waals surface area contributed by atoms with Crippen molar-refractivity contribution in [1.29, 1.82) is 0 Å². The van der Waals surface area contributed by atoms with Gasteiger partial charge in [-0.2, -0.15) is 0 Å². The molecule has 0 atom stereocenters. The van der Waals surface area contributed by atoms with E-state index in [-0.39, 0.29) is 0 Å². The summed E-state index contributed by atoms with van der Waals surface area (Å²) in [5.74, 6) is 1.83. The molecule has 4 aromatic rings. The van der Waals surface area contributed by atoms with Crippen LogP contribution in [0.1, 0.15) is 25.0 Å². The first-order valence-electron chi connectivity index (χ1n) is 13.2. The molecule has 0 amide bonds. The normalized spacial score (nSPS) is 12.6. The van der Waals surface area contributed by atoms with Gasteiger partial charge in [-0.3, -0.25) is 0 Å². The first-order valence-corrected chi connectivity index (χ1v) is 13.2. The topological polar surface area (TPSA) is 21.7 Å². The van der Waals surface area contributed by atoms with Gasteiger partial charge >= 0.3 is 0 Å². The van der Waals surface area contributed by atoms with Crippen molar-refractivity contribution in [3.63, 3.8) is 0 Å². The van der Waals surface area contributed by atoms with E-state index < -0.39 is 0 Å². The van der Waals surface area contributed by atoms with E-state index in [1.54, 1.807) is 0 Å². The largest absolute Gasteiger partial charge is 0.496 e. The predicted octanol–water partition coefficient (Wildman–Crippen LogP) is 6.09. The highest BCUT2D eigenvalue weighted by Gasteiger charge is 2.14. The maximum atomic E-state index is 6.59. The Hall–Kier alpha value is -3.82. The number of hydrogen-bond acceptors (Lipinski definition) is 3. The van der Waals surface area contributed by atoms with Crippen LogP contribution in [0.3, 0.4) is 0 Å². The third-order valence-corrected chi connectivity index (χ3v) is 6.71. The zero-order valence-corrected chi connectivity index (χ0v) is 22.0. The Bertz CT molecular complexity index is 1420. The van der Waals surface area contributed by atoms with E-state index in [4.69, 9.17) is 9.47 Å². The molecule has 0 aliphatic heterocycles. The Labute approximate surface area is 221 Å². The number of ether oxygens (including phenoxy) is 2. The summed E-state index contributed by atoms with van der Waals surface area (Å²) in [5, 5.41) is 4.56. The monoisotopic (exact) mass is 491 g/mol. The summed E-state index contributed by atoms with van der Waals surface area (Å²) in [6.45, 7) is 12.4. The van der Waals surface area contributed by atoms with Crippen molar-refractivity contribution in [1.82, 2.24) is 4.90 Å². The highest BCUT2D eigenvalue weighted by molar-refractivity contribution is 5.88. The van der Waals surface area contributed by atoms with Crippen molar-refractivity contribution >= 4 is 22.6 Å². The fourth-order valence-corrected chi connectivity index (χ4v) is 4.61. The second-order valence-corrected chi connectivity index (χ2v) is 9.00. The molecule has 3 heteroatoms. The van der Waals surface area contributed by atoms with Crippen LogP contribution in [0.25, 0.3) is 22.6 Å². The molecule has 190 valence electrons. The summed E-state index contributed by atoms with van der Waals surface area (Å²) >= 11 is 0. The van der Waals surface area contributed by atoms with Gasteiger partial charge in [-0.05, 0) is 40.7 Å². The summed E-state index contributed by atoms with van der Waals surface area (Å²) < 4.78 is 13.0. The number of benzene rings is 4. The number of nitrogens with zero attached hydrogens (tertiary/aromatic N) is 1. The predicted molar refractivity (Wildman–Crippen MR) is 156 cm³/mol. The molecule has 0 heterocycles. The van der Waals surface area contributed by atoms with Gasteiger partial charge in [-0.15, -0.1) is 0 Å². The molecule has 0 unspecified atom stereocenters. The summed E-state index contributed by atoms with van der Waals surface area (Å²) in [4.78, 5) is 2.38. The molecule has 0 fully saturated rings. The number of hydrogen-bond donors (Lipinski definition) is 0. The Balaban J connectivity index is 1.78. The smallest absolute Gasteiger partial charge is 0.124 e. The lowest BCUT2D eigenvalue weighted by Gasteiger charge is -2.20. The van der Waals surface area contributed by atoms with Crippen LogP contribution in [0.4, 0.5) is 0 Å². The summed E-state index contributed by atoms with van der Waals surface area (Å²) in [6, 6.07) is 31.4. The average Bonchev–Trinajstić information content (AvgIpc) is 2.95. The minimum absolute atomic E-state index is 0.519. The molecule has 4 aromatic carbocycles. The molecule has 3 nitrogen and oxygen atoms in total. The van der Waals surface area contributed by atoms with Gasteiger partial charge in [0.25, 0.3) is 0 Å². The lowest BCUT2D eigenvalue weighted by molar-refractivity contribution is 0.195. The van der Waals surface area contributed by atoms with Crippen LogP contribution in [0, 0.1) is 0 Å². The van der Waals surface area contributed by atoms with Crippen LogP contribution in [-0.2, 0) is 17.8 Å². The van der Waals surface area contributed by atoms with Gasteiger partial charge < -0.3 is 14.4 Å². The van der Waals surface area contributed by atoms with Gasteiger partial charge in [0, 0.05) is 23.7 Å². The van der Waals surface area contributed by atoms with Crippen LogP contribution in [-0.4, -0.2) is 31.1 Å². The fourth-order valence-electron chi connectivity index (χ4n) is 4.61. The van der Waals surface area contributed by atoms with E-state index in [0.717, 1.165) is 52.7 Å². The first kappa shape index (κ1) is 26.2. The Morgan fingerprint density at radius 1 is 0.838 bits per heavy atom. The second-order valence-electron chi connectivity index (χ2n) is 9.00. The van der Waals surface area contributed by atoms with Crippen molar-refractivity contribution in [3.05, 3.63) is 125 Å².